The highest BCUT2D eigenvalue weighted by atomic mass is 35.5. The number of nitrogens with one attached hydrogen (secondary N) is 1. The van der Waals surface area contributed by atoms with E-state index in [9.17, 15) is 0 Å². The number of hydrogen-bond donors (Lipinski definition) is 1. The van der Waals surface area contributed by atoms with Crippen molar-refractivity contribution in [3.8, 4) is 0 Å². The van der Waals surface area contributed by atoms with Gasteiger partial charge in [0, 0.05) is 36.7 Å². The molecule has 106 valence electrons. The van der Waals surface area contributed by atoms with E-state index < -0.39 is 0 Å². The fraction of sp³-hybridized carbons (Fsp3) is 0.600. The van der Waals surface area contributed by atoms with E-state index in [1.165, 1.54) is 5.56 Å². The van der Waals surface area contributed by atoms with Gasteiger partial charge in [-0.2, -0.15) is 0 Å². The standard InChI is InChI=1S/C15H23ClN2O/c1-17-15-7-8-19-11-13(15)10-18(2)9-12-5-3-4-6-14(12)16/h3-6,13,15,17H,7-11H2,1-2H3. The van der Waals surface area contributed by atoms with E-state index in [0.29, 0.717) is 12.0 Å². The van der Waals surface area contributed by atoms with Gasteiger partial charge in [-0.1, -0.05) is 29.8 Å². The first-order chi connectivity index (χ1) is 9.20. The van der Waals surface area contributed by atoms with Crippen LogP contribution in [0.15, 0.2) is 24.3 Å². The lowest BCUT2D eigenvalue weighted by atomic mass is 9.95. The Balaban J connectivity index is 1.90. The maximum Gasteiger partial charge on any atom is 0.0521 e. The number of ether oxygens (including phenoxy) is 1. The zero-order valence-corrected chi connectivity index (χ0v) is 12.5. The first kappa shape index (κ1) is 14.8. The third kappa shape index (κ3) is 4.18. The third-order valence-corrected chi connectivity index (χ3v) is 4.16. The molecule has 0 saturated carbocycles. The Hall–Kier alpha value is -0.610. The van der Waals surface area contributed by atoms with Crippen LogP contribution in [0.25, 0.3) is 0 Å². The summed E-state index contributed by atoms with van der Waals surface area (Å²) in [6.07, 6.45) is 1.10. The van der Waals surface area contributed by atoms with E-state index in [-0.39, 0.29) is 0 Å². The van der Waals surface area contributed by atoms with Gasteiger partial charge in [-0.3, -0.25) is 0 Å². The van der Waals surface area contributed by atoms with Gasteiger partial charge in [-0.15, -0.1) is 0 Å². The van der Waals surface area contributed by atoms with E-state index in [2.05, 4.69) is 23.3 Å². The van der Waals surface area contributed by atoms with Crippen LogP contribution in [0.2, 0.25) is 5.02 Å². The molecular formula is C15H23ClN2O. The zero-order chi connectivity index (χ0) is 13.7. The predicted molar refractivity (Wildman–Crippen MR) is 79.6 cm³/mol. The molecule has 2 rings (SSSR count). The van der Waals surface area contributed by atoms with Gasteiger partial charge in [0.2, 0.25) is 0 Å². The van der Waals surface area contributed by atoms with Gasteiger partial charge in [0.15, 0.2) is 0 Å². The summed E-state index contributed by atoms with van der Waals surface area (Å²) >= 11 is 6.20. The van der Waals surface area contributed by atoms with Crippen LogP contribution >= 0.6 is 11.6 Å². The summed E-state index contributed by atoms with van der Waals surface area (Å²) in [5, 5.41) is 4.25. The minimum absolute atomic E-state index is 0.547. The Morgan fingerprint density at radius 1 is 1.42 bits per heavy atom. The highest BCUT2D eigenvalue weighted by molar-refractivity contribution is 6.31. The van der Waals surface area contributed by atoms with Crippen LogP contribution in [0, 0.1) is 5.92 Å². The lowest BCUT2D eigenvalue weighted by Gasteiger charge is -2.34. The molecule has 3 nitrogen and oxygen atoms in total. The first-order valence-corrected chi connectivity index (χ1v) is 7.25. The summed E-state index contributed by atoms with van der Waals surface area (Å²) in [6.45, 7) is 3.62. The smallest absolute Gasteiger partial charge is 0.0521 e. The number of hydrogen-bond acceptors (Lipinski definition) is 3. The lowest BCUT2D eigenvalue weighted by Crippen LogP contribution is -2.45. The second-order valence-corrected chi connectivity index (χ2v) is 5.71. The van der Waals surface area contributed by atoms with Gasteiger partial charge in [-0.05, 0) is 32.1 Å². The molecule has 2 unspecified atom stereocenters. The Morgan fingerprint density at radius 3 is 2.95 bits per heavy atom. The SMILES string of the molecule is CNC1CCOCC1CN(C)Cc1ccccc1Cl. The molecule has 1 saturated heterocycles. The molecule has 1 aliphatic heterocycles. The quantitative estimate of drug-likeness (QED) is 0.898. The fourth-order valence-corrected chi connectivity index (χ4v) is 2.93. The monoisotopic (exact) mass is 282 g/mol. The van der Waals surface area contributed by atoms with Crippen LogP contribution in [-0.4, -0.2) is 44.8 Å². The summed E-state index contributed by atoms with van der Waals surface area (Å²) in [5.41, 5.74) is 1.18. The largest absolute Gasteiger partial charge is 0.381 e. The van der Waals surface area contributed by atoms with Gasteiger partial charge in [0.1, 0.15) is 0 Å². The maximum atomic E-state index is 6.20. The zero-order valence-electron chi connectivity index (χ0n) is 11.7. The molecule has 1 aromatic rings. The van der Waals surface area contributed by atoms with E-state index in [1.54, 1.807) is 0 Å². The van der Waals surface area contributed by atoms with Crippen LogP contribution in [0.4, 0.5) is 0 Å². The molecule has 2 atom stereocenters. The van der Waals surface area contributed by atoms with Gasteiger partial charge < -0.3 is 15.0 Å². The fourth-order valence-electron chi connectivity index (χ4n) is 2.74. The summed E-state index contributed by atoms with van der Waals surface area (Å²) in [5.74, 6) is 0.547. The Labute approximate surface area is 120 Å². The number of nitrogens with zero attached hydrogens (tertiary/aromatic N) is 1. The summed E-state index contributed by atoms with van der Waals surface area (Å²) in [6, 6.07) is 8.60. The Morgan fingerprint density at radius 2 is 2.21 bits per heavy atom. The molecule has 0 spiro atoms. The molecule has 1 fully saturated rings. The average molecular weight is 283 g/mol. The van der Waals surface area contributed by atoms with E-state index in [0.717, 1.165) is 37.7 Å². The van der Waals surface area contributed by atoms with Gasteiger partial charge in [0.25, 0.3) is 0 Å². The van der Waals surface area contributed by atoms with Crippen LogP contribution in [-0.2, 0) is 11.3 Å². The lowest BCUT2D eigenvalue weighted by molar-refractivity contribution is 0.0208. The highest BCUT2D eigenvalue weighted by Gasteiger charge is 2.25. The van der Waals surface area contributed by atoms with Gasteiger partial charge in [-0.25, -0.2) is 0 Å². The number of rotatable bonds is 5. The van der Waals surface area contributed by atoms with Crippen LogP contribution in [0.3, 0.4) is 0 Å². The molecule has 1 heterocycles. The molecule has 0 aliphatic carbocycles. The van der Waals surface area contributed by atoms with Crippen molar-refractivity contribution in [2.24, 2.45) is 5.92 Å². The molecule has 19 heavy (non-hydrogen) atoms. The minimum Gasteiger partial charge on any atom is -0.381 e. The Bertz CT molecular complexity index is 399. The van der Waals surface area contributed by atoms with Crippen molar-refractivity contribution in [2.75, 3.05) is 33.9 Å². The van der Waals surface area contributed by atoms with Gasteiger partial charge in [0.05, 0.1) is 6.61 Å². The second-order valence-electron chi connectivity index (χ2n) is 5.31. The molecule has 1 aromatic carbocycles. The van der Waals surface area contributed by atoms with E-state index >= 15 is 0 Å². The highest BCUT2D eigenvalue weighted by Crippen LogP contribution is 2.19. The molecule has 0 aromatic heterocycles. The van der Waals surface area contributed by atoms with Crippen molar-refractivity contribution in [3.05, 3.63) is 34.9 Å². The second kappa shape index (κ2) is 7.25. The molecule has 1 N–H and O–H groups in total. The molecule has 0 amide bonds. The minimum atomic E-state index is 0.547. The van der Waals surface area contributed by atoms with Crippen molar-refractivity contribution in [1.82, 2.24) is 10.2 Å². The summed E-state index contributed by atoms with van der Waals surface area (Å²) in [7, 11) is 4.18. The van der Waals surface area contributed by atoms with Gasteiger partial charge >= 0.3 is 0 Å². The first-order valence-electron chi connectivity index (χ1n) is 6.87. The van der Waals surface area contributed by atoms with E-state index in [4.69, 9.17) is 16.3 Å². The van der Waals surface area contributed by atoms with Crippen molar-refractivity contribution in [2.45, 2.75) is 19.0 Å². The van der Waals surface area contributed by atoms with E-state index in [1.807, 2.05) is 25.2 Å². The van der Waals surface area contributed by atoms with Crippen LogP contribution < -0.4 is 5.32 Å². The maximum absolute atomic E-state index is 6.20. The number of benzene rings is 1. The molecule has 0 bridgehead atoms. The summed E-state index contributed by atoms with van der Waals surface area (Å²) < 4.78 is 5.60. The third-order valence-electron chi connectivity index (χ3n) is 3.79. The molecular weight excluding hydrogens is 260 g/mol. The normalized spacial score (nSPS) is 23.8. The van der Waals surface area contributed by atoms with Crippen molar-refractivity contribution < 1.29 is 4.74 Å². The molecule has 4 heteroatoms. The topological polar surface area (TPSA) is 24.5 Å². The number of halogens is 1. The molecule has 0 radical (unpaired) electrons. The van der Waals surface area contributed by atoms with Crippen LogP contribution in [0.5, 0.6) is 0 Å². The average Bonchev–Trinajstić information content (AvgIpc) is 2.42. The van der Waals surface area contributed by atoms with Crippen molar-refractivity contribution in [3.63, 3.8) is 0 Å². The molecule has 1 aliphatic rings. The predicted octanol–water partition coefficient (Wildman–Crippen LogP) is 2.40. The van der Waals surface area contributed by atoms with Crippen molar-refractivity contribution >= 4 is 11.6 Å². The van der Waals surface area contributed by atoms with Crippen molar-refractivity contribution in [1.29, 1.82) is 0 Å². The summed E-state index contributed by atoms with van der Waals surface area (Å²) in [4.78, 5) is 2.32. The Kier molecular flexibility index (Phi) is 5.64. The van der Waals surface area contributed by atoms with Crippen LogP contribution in [0.1, 0.15) is 12.0 Å².